The van der Waals surface area contributed by atoms with Gasteiger partial charge in [0.2, 0.25) is 0 Å². The van der Waals surface area contributed by atoms with E-state index in [0.29, 0.717) is 5.56 Å². The van der Waals surface area contributed by atoms with Crippen LogP contribution in [-0.4, -0.2) is 0 Å². The first-order valence-corrected chi connectivity index (χ1v) is 3.61. The smallest absolute Gasteiger partial charge is 0.100 e. The SMILES string of the molecule is C=Cc1cccc(C=C)c1C#N. The molecule has 0 radical (unpaired) electrons. The van der Waals surface area contributed by atoms with Crippen LogP contribution < -0.4 is 0 Å². The van der Waals surface area contributed by atoms with Crippen LogP contribution >= 0.6 is 0 Å². The summed E-state index contributed by atoms with van der Waals surface area (Å²) in [4.78, 5) is 0. The molecule has 0 aliphatic rings. The van der Waals surface area contributed by atoms with Gasteiger partial charge in [-0.1, -0.05) is 43.5 Å². The molecule has 0 fully saturated rings. The van der Waals surface area contributed by atoms with Crippen LogP contribution in [0.15, 0.2) is 31.4 Å². The lowest BCUT2D eigenvalue weighted by Crippen LogP contribution is -1.85. The van der Waals surface area contributed by atoms with Crippen LogP contribution in [0, 0.1) is 11.3 Å². The maximum Gasteiger partial charge on any atom is 0.100 e. The van der Waals surface area contributed by atoms with Gasteiger partial charge in [0, 0.05) is 0 Å². The van der Waals surface area contributed by atoms with Gasteiger partial charge in [-0.3, -0.25) is 0 Å². The molecule has 0 N–H and O–H groups in total. The summed E-state index contributed by atoms with van der Waals surface area (Å²) in [5.41, 5.74) is 2.35. The van der Waals surface area contributed by atoms with Gasteiger partial charge in [0.05, 0.1) is 5.56 Å². The fourth-order valence-electron chi connectivity index (χ4n) is 1.06. The molecule has 0 saturated heterocycles. The minimum atomic E-state index is 0.641. The van der Waals surface area contributed by atoms with E-state index in [-0.39, 0.29) is 0 Å². The van der Waals surface area contributed by atoms with Crippen molar-refractivity contribution < 1.29 is 0 Å². The molecule has 1 nitrogen and oxygen atoms in total. The topological polar surface area (TPSA) is 23.8 Å². The molecular weight excluding hydrogens is 146 g/mol. The summed E-state index contributed by atoms with van der Waals surface area (Å²) in [7, 11) is 0. The van der Waals surface area contributed by atoms with Crippen molar-refractivity contribution in [1.82, 2.24) is 0 Å². The Morgan fingerprint density at radius 1 is 1.17 bits per heavy atom. The van der Waals surface area contributed by atoms with E-state index < -0.39 is 0 Å². The Morgan fingerprint density at radius 2 is 1.67 bits per heavy atom. The van der Waals surface area contributed by atoms with E-state index in [0.717, 1.165) is 11.1 Å². The molecular formula is C11H9N. The maximum absolute atomic E-state index is 8.82. The molecule has 1 aromatic carbocycles. The normalized spacial score (nSPS) is 8.58. The first kappa shape index (κ1) is 8.29. The zero-order valence-electron chi connectivity index (χ0n) is 6.75. The maximum atomic E-state index is 8.82. The number of rotatable bonds is 2. The largest absolute Gasteiger partial charge is 0.192 e. The third kappa shape index (κ3) is 1.28. The third-order valence-corrected chi connectivity index (χ3v) is 1.68. The van der Waals surface area contributed by atoms with Gasteiger partial charge in [-0.25, -0.2) is 0 Å². The zero-order chi connectivity index (χ0) is 8.97. The molecule has 12 heavy (non-hydrogen) atoms. The van der Waals surface area contributed by atoms with Gasteiger partial charge in [0.1, 0.15) is 6.07 Å². The molecule has 1 rings (SSSR count). The minimum absolute atomic E-state index is 0.641. The molecule has 58 valence electrons. The van der Waals surface area contributed by atoms with E-state index in [1.807, 2.05) is 18.2 Å². The fraction of sp³-hybridized carbons (Fsp3) is 0. The second-order valence-corrected chi connectivity index (χ2v) is 2.33. The Balaban J connectivity index is 3.44. The summed E-state index contributed by atoms with van der Waals surface area (Å²) in [5.74, 6) is 0. The number of hydrogen-bond donors (Lipinski definition) is 0. The van der Waals surface area contributed by atoms with Crippen LogP contribution in [0.3, 0.4) is 0 Å². The van der Waals surface area contributed by atoms with Gasteiger partial charge in [-0.15, -0.1) is 0 Å². The summed E-state index contributed by atoms with van der Waals surface area (Å²) in [5, 5.41) is 8.82. The summed E-state index contributed by atoms with van der Waals surface area (Å²) < 4.78 is 0. The lowest BCUT2D eigenvalue weighted by Gasteiger charge is -2.00. The zero-order valence-corrected chi connectivity index (χ0v) is 6.75. The predicted octanol–water partition coefficient (Wildman–Crippen LogP) is 2.84. The molecule has 0 aliphatic carbocycles. The Morgan fingerprint density at radius 3 is 2.00 bits per heavy atom. The standard InChI is InChI=1S/C11H9N/c1-3-9-6-5-7-10(4-2)11(9)8-12/h3-7H,1-2H2. The second-order valence-electron chi connectivity index (χ2n) is 2.33. The molecule has 0 aliphatic heterocycles. The van der Waals surface area contributed by atoms with Crippen molar-refractivity contribution in [2.45, 2.75) is 0 Å². The van der Waals surface area contributed by atoms with Crippen LogP contribution in [0.25, 0.3) is 12.2 Å². The van der Waals surface area contributed by atoms with Crippen LogP contribution in [0.2, 0.25) is 0 Å². The number of nitrogens with zero attached hydrogens (tertiary/aromatic N) is 1. The van der Waals surface area contributed by atoms with E-state index in [1.165, 1.54) is 0 Å². The summed E-state index contributed by atoms with van der Waals surface area (Å²) in [6.45, 7) is 7.26. The quantitative estimate of drug-likeness (QED) is 0.644. The van der Waals surface area contributed by atoms with Crippen molar-refractivity contribution in [2.24, 2.45) is 0 Å². The first-order chi connectivity index (χ1) is 5.83. The molecule has 1 aromatic rings. The lowest BCUT2D eigenvalue weighted by molar-refractivity contribution is 1.46. The van der Waals surface area contributed by atoms with Crippen molar-refractivity contribution in [3.8, 4) is 6.07 Å². The fourth-order valence-corrected chi connectivity index (χ4v) is 1.06. The highest BCUT2D eigenvalue weighted by Gasteiger charge is 2.00. The van der Waals surface area contributed by atoms with Crippen LogP contribution in [-0.2, 0) is 0 Å². The highest BCUT2D eigenvalue weighted by atomic mass is 14.2. The van der Waals surface area contributed by atoms with Gasteiger partial charge >= 0.3 is 0 Å². The van der Waals surface area contributed by atoms with E-state index in [1.54, 1.807) is 12.2 Å². The van der Waals surface area contributed by atoms with E-state index in [2.05, 4.69) is 19.2 Å². The summed E-state index contributed by atoms with van der Waals surface area (Å²) >= 11 is 0. The molecule has 1 heteroatoms. The Kier molecular flexibility index (Phi) is 2.45. The molecule has 0 unspecified atom stereocenters. The Labute approximate surface area is 72.3 Å². The average Bonchev–Trinajstić information content (AvgIpc) is 2.16. The van der Waals surface area contributed by atoms with E-state index >= 15 is 0 Å². The predicted molar refractivity (Wildman–Crippen MR) is 51.3 cm³/mol. The average molecular weight is 155 g/mol. The van der Waals surface area contributed by atoms with Crippen molar-refractivity contribution in [3.63, 3.8) is 0 Å². The lowest BCUT2D eigenvalue weighted by atomic mass is 10.0. The number of hydrogen-bond acceptors (Lipinski definition) is 1. The van der Waals surface area contributed by atoms with Crippen LogP contribution in [0.5, 0.6) is 0 Å². The molecule has 0 saturated carbocycles. The number of benzene rings is 1. The number of nitriles is 1. The van der Waals surface area contributed by atoms with Gasteiger partial charge < -0.3 is 0 Å². The second kappa shape index (κ2) is 3.54. The van der Waals surface area contributed by atoms with Gasteiger partial charge in [-0.2, -0.15) is 5.26 Å². The molecule has 0 heterocycles. The monoisotopic (exact) mass is 155 g/mol. The Hall–Kier alpha value is -1.81. The molecule has 0 bridgehead atoms. The van der Waals surface area contributed by atoms with Crippen molar-refractivity contribution in [3.05, 3.63) is 48.0 Å². The van der Waals surface area contributed by atoms with Gasteiger partial charge in [0.25, 0.3) is 0 Å². The molecule has 0 atom stereocenters. The van der Waals surface area contributed by atoms with Gasteiger partial charge in [0.15, 0.2) is 0 Å². The van der Waals surface area contributed by atoms with E-state index in [9.17, 15) is 0 Å². The molecule has 0 aromatic heterocycles. The molecule has 0 amide bonds. The van der Waals surface area contributed by atoms with Crippen LogP contribution in [0.4, 0.5) is 0 Å². The van der Waals surface area contributed by atoms with Gasteiger partial charge in [-0.05, 0) is 11.1 Å². The third-order valence-electron chi connectivity index (χ3n) is 1.68. The van der Waals surface area contributed by atoms with E-state index in [4.69, 9.17) is 5.26 Å². The molecule has 0 spiro atoms. The summed E-state index contributed by atoms with van der Waals surface area (Å²) in [6.07, 6.45) is 3.34. The summed E-state index contributed by atoms with van der Waals surface area (Å²) in [6, 6.07) is 7.73. The first-order valence-electron chi connectivity index (χ1n) is 3.61. The Bertz CT molecular complexity index is 330. The highest BCUT2D eigenvalue weighted by Crippen LogP contribution is 2.15. The van der Waals surface area contributed by atoms with Crippen molar-refractivity contribution in [2.75, 3.05) is 0 Å². The van der Waals surface area contributed by atoms with Crippen LogP contribution in [0.1, 0.15) is 16.7 Å². The van der Waals surface area contributed by atoms with Crippen molar-refractivity contribution in [1.29, 1.82) is 5.26 Å². The van der Waals surface area contributed by atoms with Crippen molar-refractivity contribution >= 4 is 12.2 Å². The highest BCUT2D eigenvalue weighted by molar-refractivity contribution is 5.66. The minimum Gasteiger partial charge on any atom is -0.192 e.